The standard InChI is InChI=1S/C49H68N4O15/c1-6-33-19-18-28(3)45(63-33)66-41-29(4)24-36(52-44(58)37(55)22-23-50-30(5)51-48(59)61-26-31-14-10-8-11-15-31)39(56)43(41)68-47-40(57)42(38(25-54)65-47)67-46-35(21-20-34(7-2)64-46)53-49(60)62-27-32-16-12-9-13-17-32/h8-21,28-29,33-43,45-47,54-57H,6-7,22-27H2,1-5H3,(H,52,58)(H,53,60)(H,50,51,59). The molecule has 1 saturated carbocycles. The van der Waals surface area contributed by atoms with Crippen molar-refractivity contribution in [2.24, 2.45) is 16.8 Å². The second-order valence-corrected chi connectivity index (χ2v) is 17.6. The highest BCUT2D eigenvalue weighted by Gasteiger charge is 2.53. The molecule has 0 aromatic heterocycles. The minimum atomic E-state index is -1.56. The minimum Gasteiger partial charge on any atom is -0.445 e. The number of aliphatic hydroxyl groups excluding tert-OH is 4. The fourth-order valence-electron chi connectivity index (χ4n) is 8.37. The lowest BCUT2D eigenvalue weighted by molar-refractivity contribution is -0.290. The van der Waals surface area contributed by atoms with Gasteiger partial charge >= 0.3 is 12.2 Å². The Morgan fingerprint density at radius 2 is 1.32 bits per heavy atom. The molecule has 374 valence electrons. The molecule has 0 bridgehead atoms. The summed E-state index contributed by atoms with van der Waals surface area (Å²) in [6.07, 6.45) is -5.61. The number of aliphatic imine (C=N–C) groups is 1. The molecule has 3 heterocycles. The van der Waals surface area contributed by atoms with E-state index < -0.39 is 104 Å². The van der Waals surface area contributed by atoms with E-state index in [1.165, 1.54) is 0 Å². The van der Waals surface area contributed by atoms with E-state index >= 15 is 0 Å². The van der Waals surface area contributed by atoms with Crippen molar-refractivity contribution in [2.45, 2.75) is 159 Å². The summed E-state index contributed by atoms with van der Waals surface area (Å²) < 4.78 is 48.5. The van der Waals surface area contributed by atoms with E-state index in [9.17, 15) is 34.8 Å². The maximum absolute atomic E-state index is 13.4. The maximum Gasteiger partial charge on any atom is 0.412 e. The topological polar surface area (TPSA) is 254 Å². The van der Waals surface area contributed by atoms with Crippen LogP contribution in [0, 0.1) is 11.8 Å². The van der Waals surface area contributed by atoms with Gasteiger partial charge in [0.15, 0.2) is 18.9 Å². The fraction of sp³-hybridized carbons (Fsp3) is 0.592. The molecule has 19 nitrogen and oxygen atoms in total. The normalized spacial score (nSPS) is 33.1. The molecule has 19 heteroatoms. The number of alkyl carbamates (subject to hydrolysis) is 2. The molecule has 6 rings (SSSR count). The van der Waals surface area contributed by atoms with Gasteiger partial charge in [-0.05, 0) is 43.2 Å². The highest BCUT2D eigenvalue weighted by atomic mass is 16.8. The van der Waals surface area contributed by atoms with Crippen molar-refractivity contribution in [3.8, 4) is 0 Å². The largest absolute Gasteiger partial charge is 0.445 e. The first-order valence-corrected chi connectivity index (χ1v) is 23.5. The van der Waals surface area contributed by atoms with Crippen LogP contribution >= 0.6 is 0 Å². The number of nitrogens with one attached hydrogen (secondary N) is 3. The number of amidine groups is 1. The summed E-state index contributed by atoms with van der Waals surface area (Å²) in [5, 5.41) is 53.3. The molecule has 1 saturated heterocycles. The van der Waals surface area contributed by atoms with Crippen LogP contribution in [-0.2, 0) is 55.9 Å². The molecule has 3 amide bonds. The Kier molecular flexibility index (Phi) is 19.9. The lowest BCUT2D eigenvalue weighted by Crippen LogP contribution is -2.62. The Morgan fingerprint density at radius 1 is 0.735 bits per heavy atom. The van der Waals surface area contributed by atoms with E-state index in [4.69, 9.17) is 37.9 Å². The Morgan fingerprint density at radius 3 is 1.96 bits per heavy atom. The minimum absolute atomic E-state index is 0.0139. The number of carbonyl (C=O) groups is 3. The molecule has 2 aromatic carbocycles. The molecule has 4 aliphatic rings. The van der Waals surface area contributed by atoms with E-state index in [1.54, 1.807) is 19.1 Å². The van der Waals surface area contributed by atoms with Crippen molar-refractivity contribution in [3.63, 3.8) is 0 Å². The molecule has 2 aromatic rings. The van der Waals surface area contributed by atoms with Crippen LogP contribution < -0.4 is 16.0 Å². The number of hydrogen-bond acceptors (Lipinski definition) is 16. The lowest BCUT2D eigenvalue weighted by atomic mass is 9.79. The molecule has 68 heavy (non-hydrogen) atoms. The molecule has 16 unspecified atom stereocenters. The molecule has 2 fully saturated rings. The van der Waals surface area contributed by atoms with Gasteiger partial charge in [-0.25, -0.2) is 9.59 Å². The monoisotopic (exact) mass is 952 g/mol. The van der Waals surface area contributed by atoms with Gasteiger partial charge in [-0.2, -0.15) is 0 Å². The van der Waals surface area contributed by atoms with Gasteiger partial charge in [-0.1, -0.05) is 113 Å². The first-order valence-electron chi connectivity index (χ1n) is 23.5. The van der Waals surface area contributed by atoms with E-state index in [0.717, 1.165) is 11.1 Å². The second kappa shape index (κ2) is 25.7. The molecule has 1 aliphatic carbocycles. The molecular weight excluding hydrogens is 885 g/mol. The van der Waals surface area contributed by atoms with Crippen molar-refractivity contribution >= 4 is 23.9 Å². The van der Waals surface area contributed by atoms with Crippen LogP contribution in [0.1, 0.15) is 71.4 Å². The number of amides is 3. The summed E-state index contributed by atoms with van der Waals surface area (Å²) in [6.45, 7) is 8.73. The first-order chi connectivity index (χ1) is 32.8. The van der Waals surface area contributed by atoms with Crippen LogP contribution in [0.25, 0.3) is 0 Å². The van der Waals surface area contributed by atoms with Crippen LogP contribution in [0.2, 0.25) is 0 Å². The zero-order valence-corrected chi connectivity index (χ0v) is 39.2. The van der Waals surface area contributed by atoms with Crippen molar-refractivity contribution in [3.05, 3.63) is 96.1 Å². The number of nitrogens with zero attached hydrogens (tertiary/aromatic N) is 1. The number of rotatable bonds is 19. The zero-order valence-electron chi connectivity index (χ0n) is 39.2. The van der Waals surface area contributed by atoms with Crippen LogP contribution in [0.15, 0.2) is 90.0 Å². The fourth-order valence-corrected chi connectivity index (χ4v) is 8.37. The van der Waals surface area contributed by atoms with Gasteiger partial charge in [0.25, 0.3) is 0 Å². The van der Waals surface area contributed by atoms with Crippen LogP contribution in [-0.4, -0.2) is 143 Å². The summed E-state index contributed by atoms with van der Waals surface area (Å²) in [5.74, 6) is -1.11. The van der Waals surface area contributed by atoms with E-state index in [2.05, 4.69) is 20.9 Å². The Hall–Kier alpha value is -4.80. The second-order valence-electron chi connectivity index (χ2n) is 17.6. The SMILES string of the molecule is CCC1C=CC(C)C(OC2C(C)CC(NC(=O)C(O)CCN=C(C)NC(=O)OCc3ccccc3)C(O)C2OC2OC(CO)C(OC3OC(CC)C=CC3NC(=O)OCc3ccccc3)C2O)O1. The number of benzene rings is 2. The number of carbonyl (C=O) groups excluding carboxylic acids is 3. The smallest absolute Gasteiger partial charge is 0.412 e. The average molecular weight is 953 g/mol. The summed E-state index contributed by atoms with van der Waals surface area (Å²) in [4.78, 5) is 42.8. The van der Waals surface area contributed by atoms with Gasteiger partial charge in [-0.15, -0.1) is 0 Å². The molecule has 7 N–H and O–H groups in total. The van der Waals surface area contributed by atoms with E-state index in [1.807, 2.05) is 101 Å². The number of aliphatic hydroxyl groups is 4. The Labute approximate surface area is 397 Å². The van der Waals surface area contributed by atoms with Crippen molar-refractivity contribution < 1.29 is 72.7 Å². The van der Waals surface area contributed by atoms with Gasteiger partial charge < -0.3 is 69.0 Å². The highest BCUT2D eigenvalue weighted by Crippen LogP contribution is 2.37. The van der Waals surface area contributed by atoms with Gasteiger partial charge in [0, 0.05) is 18.9 Å². The van der Waals surface area contributed by atoms with E-state index in [-0.39, 0.29) is 56.6 Å². The third-order valence-electron chi connectivity index (χ3n) is 12.3. The van der Waals surface area contributed by atoms with Crippen LogP contribution in [0.5, 0.6) is 0 Å². The Bertz CT molecular complexity index is 1990. The summed E-state index contributed by atoms with van der Waals surface area (Å²) in [5.41, 5.74) is 1.61. The van der Waals surface area contributed by atoms with Crippen molar-refractivity contribution in [1.82, 2.24) is 16.0 Å². The molecule has 0 spiro atoms. The van der Waals surface area contributed by atoms with Gasteiger partial charge in [-0.3, -0.25) is 15.1 Å². The predicted molar refractivity (Wildman–Crippen MR) is 245 cm³/mol. The molecule has 3 aliphatic heterocycles. The van der Waals surface area contributed by atoms with Crippen molar-refractivity contribution in [2.75, 3.05) is 13.2 Å². The van der Waals surface area contributed by atoms with Crippen LogP contribution in [0.4, 0.5) is 9.59 Å². The Balaban J connectivity index is 1.11. The molecule has 16 atom stereocenters. The third kappa shape index (κ3) is 14.6. The zero-order chi connectivity index (χ0) is 48.7. The number of ether oxygens (including phenoxy) is 8. The maximum atomic E-state index is 13.4. The van der Waals surface area contributed by atoms with Gasteiger partial charge in [0.1, 0.15) is 61.7 Å². The third-order valence-corrected chi connectivity index (χ3v) is 12.3. The summed E-state index contributed by atoms with van der Waals surface area (Å²) >= 11 is 0. The van der Waals surface area contributed by atoms with Gasteiger partial charge in [0.05, 0.1) is 31.0 Å². The average Bonchev–Trinajstić information content (AvgIpc) is 3.64. The van der Waals surface area contributed by atoms with Crippen LogP contribution in [0.3, 0.4) is 0 Å². The predicted octanol–water partition coefficient (Wildman–Crippen LogP) is 3.51. The van der Waals surface area contributed by atoms with E-state index in [0.29, 0.717) is 12.8 Å². The summed E-state index contributed by atoms with van der Waals surface area (Å²) in [6, 6.07) is 16.5. The van der Waals surface area contributed by atoms with Gasteiger partial charge in [0.2, 0.25) is 5.91 Å². The molecular formula is C49H68N4O15. The van der Waals surface area contributed by atoms with Crippen molar-refractivity contribution in [1.29, 1.82) is 0 Å². The highest BCUT2D eigenvalue weighted by molar-refractivity contribution is 5.93. The first kappa shape index (κ1) is 52.6. The number of hydrogen-bond donors (Lipinski definition) is 7. The summed E-state index contributed by atoms with van der Waals surface area (Å²) in [7, 11) is 0. The molecule has 0 radical (unpaired) electrons. The quantitative estimate of drug-likeness (QED) is 0.0605. The lowest BCUT2D eigenvalue weighted by Gasteiger charge is -2.46.